The molecule has 0 aliphatic rings. The molecule has 4 heteroatoms. The van der Waals surface area contributed by atoms with Gasteiger partial charge in [-0.05, 0) is 24.5 Å². The Labute approximate surface area is 114 Å². The molecule has 1 aromatic rings. The number of benzene rings is 1. The molecule has 4 nitrogen and oxygen atoms in total. The number of carbonyl (C=O) groups excluding carboxylic acids is 1. The summed E-state index contributed by atoms with van der Waals surface area (Å²) < 4.78 is 10.6. The average molecular weight is 265 g/mol. The molecule has 0 aromatic heterocycles. The predicted molar refractivity (Wildman–Crippen MR) is 74.9 cm³/mol. The fourth-order valence-corrected chi connectivity index (χ4v) is 1.79. The number of carbonyl (C=O) groups is 1. The maximum absolute atomic E-state index is 11.8. The maximum atomic E-state index is 11.8. The van der Waals surface area contributed by atoms with Crippen LogP contribution >= 0.6 is 0 Å². The molecule has 1 rings (SSSR count). The zero-order valence-electron chi connectivity index (χ0n) is 11.7. The van der Waals surface area contributed by atoms with Crippen molar-refractivity contribution in [2.24, 2.45) is 17.6 Å². The maximum Gasteiger partial charge on any atom is 0.310 e. The van der Waals surface area contributed by atoms with Crippen LogP contribution in [0.25, 0.3) is 0 Å². The molecule has 0 saturated heterocycles. The Morgan fingerprint density at radius 2 is 1.89 bits per heavy atom. The van der Waals surface area contributed by atoms with Gasteiger partial charge in [0.2, 0.25) is 0 Å². The van der Waals surface area contributed by atoms with E-state index < -0.39 is 0 Å². The van der Waals surface area contributed by atoms with Gasteiger partial charge in [0.25, 0.3) is 0 Å². The van der Waals surface area contributed by atoms with Crippen LogP contribution in [0, 0.1) is 11.8 Å². The molecule has 0 bridgehead atoms. The van der Waals surface area contributed by atoms with Gasteiger partial charge in [-0.2, -0.15) is 0 Å². The Morgan fingerprint density at radius 3 is 2.47 bits per heavy atom. The molecular formula is C15H23NO3. The highest BCUT2D eigenvalue weighted by Gasteiger charge is 2.19. The zero-order valence-corrected chi connectivity index (χ0v) is 11.7. The third kappa shape index (κ3) is 6.25. The molecule has 2 N–H and O–H groups in total. The van der Waals surface area contributed by atoms with Crippen molar-refractivity contribution >= 4 is 5.97 Å². The molecule has 106 valence electrons. The van der Waals surface area contributed by atoms with E-state index in [0.717, 1.165) is 12.2 Å². The summed E-state index contributed by atoms with van der Waals surface area (Å²) in [4.78, 5) is 11.8. The fourth-order valence-electron chi connectivity index (χ4n) is 1.79. The van der Waals surface area contributed by atoms with Gasteiger partial charge in [0, 0.05) is 6.54 Å². The number of para-hydroxylation sites is 1. The van der Waals surface area contributed by atoms with E-state index >= 15 is 0 Å². The van der Waals surface area contributed by atoms with Crippen molar-refractivity contribution in [2.45, 2.75) is 20.3 Å². The van der Waals surface area contributed by atoms with Crippen LogP contribution in [0.2, 0.25) is 0 Å². The number of ether oxygens (including phenoxy) is 2. The van der Waals surface area contributed by atoms with Crippen LogP contribution in [0.3, 0.4) is 0 Å². The van der Waals surface area contributed by atoms with Crippen LogP contribution in [0.4, 0.5) is 0 Å². The van der Waals surface area contributed by atoms with E-state index in [1.54, 1.807) is 0 Å². The molecule has 1 unspecified atom stereocenters. The van der Waals surface area contributed by atoms with Crippen LogP contribution in [-0.4, -0.2) is 25.7 Å². The molecule has 0 aliphatic heterocycles. The van der Waals surface area contributed by atoms with Crippen molar-refractivity contribution in [3.63, 3.8) is 0 Å². The lowest BCUT2D eigenvalue weighted by Gasteiger charge is -2.16. The quantitative estimate of drug-likeness (QED) is 0.578. The molecule has 0 fully saturated rings. The van der Waals surface area contributed by atoms with Crippen molar-refractivity contribution in [1.29, 1.82) is 0 Å². The first kappa shape index (κ1) is 15.5. The van der Waals surface area contributed by atoms with Gasteiger partial charge in [0.05, 0.1) is 5.92 Å². The first-order chi connectivity index (χ1) is 9.13. The Kier molecular flexibility index (Phi) is 6.97. The van der Waals surface area contributed by atoms with Gasteiger partial charge >= 0.3 is 5.97 Å². The SMILES string of the molecule is CC(C)CC(CN)C(=O)OCCOc1ccccc1. The lowest BCUT2D eigenvalue weighted by molar-refractivity contribution is -0.149. The monoisotopic (exact) mass is 265 g/mol. The summed E-state index contributed by atoms with van der Waals surface area (Å²) in [6, 6.07) is 9.44. The van der Waals surface area contributed by atoms with E-state index in [4.69, 9.17) is 15.2 Å². The molecule has 0 heterocycles. The highest BCUT2D eigenvalue weighted by atomic mass is 16.6. The summed E-state index contributed by atoms with van der Waals surface area (Å²) in [5.74, 6) is 0.766. The van der Waals surface area contributed by atoms with Crippen molar-refractivity contribution in [3.8, 4) is 5.75 Å². The van der Waals surface area contributed by atoms with E-state index in [1.165, 1.54) is 0 Å². The predicted octanol–water partition coefficient (Wildman–Crippen LogP) is 2.23. The lowest BCUT2D eigenvalue weighted by Crippen LogP contribution is -2.28. The fraction of sp³-hybridized carbons (Fsp3) is 0.533. The topological polar surface area (TPSA) is 61.6 Å². The summed E-state index contributed by atoms with van der Waals surface area (Å²) in [5.41, 5.74) is 5.59. The van der Waals surface area contributed by atoms with Gasteiger partial charge in [-0.25, -0.2) is 0 Å². The van der Waals surface area contributed by atoms with E-state index in [1.807, 2.05) is 30.3 Å². The van der Waals surface area contributed by atoms with Gasteiger partial charge in [-0.15, -0.1) is 0 Å². The van der Waals surface area contributed by atoms with Crippen molar-refractivity contribution in [1.82, 2.24) is 0 Å². The normalized spacial score (nSPS) is 12.2. The molecule has 0 radical (unpaired) electrons. The minimum Gasteiger partial charge on any atom is -0.490 e. The third-order valence-electron chi connectivity index (χ3n) is 2.71. The largest absolute Gasteiger partial charge is 0.490 e. The van der Waals surface area contributed by atoms with Gasteiger partial charge < -0.3 is 15.2 Å². The summed E-state index contributed by atoms with van der Waals surface area (Å²) >= 11 is 0. The summed E-state index contributed by atoms with van der Waals surface area (Å²) in [5, 5.41) is 0. The standard InChI is InChI=1S/C15H23NO3/c1-12(2)10-13(11-16)15(17)19-9-8-18-14-6-4-3-5-7-14/h3-7,12-13H,8-11,16H2,1-2H3. The van der Waals surface area contributed by atoms with Gasteiger partial charge in [-0.3, -0.25) is 4.79 Å². The van der Waals surface area contributed by atoms with Crippen LogP contribution < -0.4 is 10.5 Å². The van der Waals surface area contributed by atoms with E-state index in [-0.39, 0.29) is 18.5 Å². The number of hydrogen-bond donors (Lipinski definition) is 1. The number of nitrogens with two attached hydrogens (primary N) is 1. The molecule has 19 heavy (non-hydrogen) atoms. The Hall–Kier alpha value is -1.55. The van der Waals surface area contributed by atoms with Crippen LogP contribution in [-0.2, 0) is 9.53 Å². The number of hydrogen-bond acceptors (Lipinski definition) is 4. The highest BCUT2D eigenvalue weighted by Crippen LogP contribution is 2.12. The number of rotatable bonds is 8. The van der Waals surface area contributed by atoms with Crippen molar-refractivity contribution in [2.75, 3.05) is 19.8 Å². The zero-order chi connectivity index (χ0) is 14.1. The smallest absolute Gasteiger partial charge is 0.310 e. The first-order valence-electron chi connectivity index (χ1n) is 6.68. The lowest BCUT2D eigenvalue weighted by atomic mass is 9.97. The van der Waals surface area contributed by atoms with Crippen molar-refractivity contribution in [3.05, 3.63) is 30.3 Å². The average Bonchev–Trinajstić information content (AvgIpc) is 2.41. The third-order valence-corrected chi connectivity index (χ3v) is 2.71. The number of esters is 1. The van der Waals surface area contributed by atoms with Gasteiger partial charge in [0.15, 0.2) is 0 Å². The molecular weight excluding hydrogens is 242 g/mol. The summed E-state index contributed by atoms with van der Waals surface area (Å²) in [6.07, 6.45) is 0.759. The molecule has 1 aromatic carbocycles. The van der Waals surface area contributed by atoms with E-state index in [9.17, 15) is 4.79 Å². The first-order valence-corrected chi connectivity index (χ1v) is 6.68. The molecule has 0 saturated carbocycles. The molecule has 1 atom stereocenters. The second kappa shape index (κ2) is 8.53. The summed E-state index contributed by atoms with van der Waals surface area (Å²) in [6.45, 7) is 5.07. The molecule has 0 amide bonds. The Balaban J connectivity index is 2.22. The minimum atomic E-state index is -0.229. The summed E-state index contributed by atoms with van der Waals surface area (Å²) in [7, 11) is 0. The minimum absolute atomic E-state index is 0.211. The molecule has 0 aliphatic carbocycles. The van der Waals surface area contributed by atoms with Gasteiger partial charge in [-0.1, -0.05) is 32.0 Å². The van der Waals surface area contributed by atoms with Crippen LogP contribution in [0.15, 0.2) is 30.3 Å². The highest BCUT2D eigenvalue weighted by molar-refractivity contribution is 5.72. The molecule has 0 spiro atoms. The van der Waals surface area contributed by atoms with E-state index in [0.29, 0.717) is 19.1 Å². The Bertz CT molecular complexity index is 365. The van der Waals surface area contributed by atoms with Crippen LogP contribution in [0.5, 0.6) is 5.75 Å². The second-order valence-corrected chi connectivity index (χ2v) is 4.89. The second-order valence-electron chi connectivity index (χ2n) is 4.89. The van der Waals surface area contributed by atoms with Crippen LogP contribution in [0.1, 0.15) is 20.3 Å². The van der Waals surface area contributed by atoms with Crippen molar-refractivity contribution < 1.29 is 14.3 Å². The van der Waals surface area contributed by atoms with E-state index in [2.05, 4.69) is 13.8 Å². The Morgan fingerprint density at radius 1 is 1.21 bits per heavy atom. The van der Waals surface area contributed by atoms with Gasteiger partial charge in [0.1, 0.15) is 19.0 Å².